The molecule has 0 aliphatic heterocycles. The van der Waals surface area contributed by atoms with E-state index < -0.39 is 15.9 Å². The molecule has 0 saturated heterocycles. The van der Waals surface area contributed by atoms with Crippen molar-refractivity contribution in [3.05, 3.63) is 78.4 Å². The molecule has 4 rings (SSSR count). The largest absolute Gasteiger partial charge is 0.316 e. The zero-order valence-electron chi connectivity index (χ0n) is 20.4. The van der Waals surface area contributed by atoms with Crippen molar-refractivity contribution in [3.8, 4) is 0 Å². The number of rotatable bonds is 7. The van der Waals surface area contributed by atoms with Crippen LogP contribution in [0.25, 0.3) is 11.0 Å². The van der Waals surface area contributed by atoms with Crippen LogP contribution in [-0.2, 0) is 14.8 Å². The predicted octanol–water partition coefficient (Wildman–Crippen LogP) is 4.65. The lowest BCUT2D eigenvalue weighted by molar-refractivity contribution is -0.116. The fourth-order valence-electron chi connectivity index (χ4n) is 3.80. The third-order valence-electron chi connectivity index (χ3n) is 5.70. The monoisotopic (exact) mass is 505 g/mol. The van der Waals surface area contributed by atoms with Gasteiger partial charge in [-0.05, 0) is 62.4 Å². The highest BCUT2D eigenvalue weighted by atomic mass is 32.2. The van der Waals surface area contributed by atoms with E-state index in [4.69, 9.17) is 0 Å². The minimum atomic E-state index is -3.79. The van der Waals surface area contributed by atoms with Crippen molar-refractivity contribution < 1.29 is 18.0 Å². The number of amides is 2. The number of benzene rings is 3. The van der Waals surface area contributed by atoms with Gasteiger partial charge >= 0.3 is 0 Å². The molecule has 1 aromatic heterocycles. The van der Waals surface area contributed by atoms with Crippen LogP contribution in [0.2, 0.25) is 0 Å². The van der Waals surface area contributed by atoms with Crippen LogP contribution in [0.15, 0.2) is 77.7 Å². The third-order valence-corrected chi connectivity index (χ3v) is 7.10. The number of anilines is 3. The molecule has 0 radical (unpaired) electrons. The van der Waals surface area contributed by atoms with Crippen LogP contribution in [0.5, 0.6) is 0 Å². The third kappa shape index (κ3) is 5.08. The van der Waals surface area contributed by atoms with Gasteiger partial charge in [0.05, 0.1) is 15.9 Å². The molecule has 4 aromatic rings. The molecule has 36 heavy (non-hydrogen) atoms. The molecule has 0 unspecified atom stereocenters. The number of carbonyl (C=O) groups is 2. The summed E-state index contributed by atoms with van der Waals surface area (Å²) in [5.41, 5.74) is 2.67. The van der Waals surface area contributed by atoms with Crippen LogP contribution in [-0.4, -0.2) is 36.8 Å². The molecule has 3 aromatic carbocycles. The molecule has 10 heteroatoms. The molecule has 0 aliphatic carbocycles. The van der Waals surface area contributed by atoms with Gasteiger partial charge in [0.1, 0.15) is 0 Å². The lowest BCUT2D eigenvalue weighted by atomic mass is 10.2. The number of nitrogens with one attached hydrogen (secondary N) is 2. The van der Waals surface area contributed by atoms with Gasteiger partial charge in [0, 0.05) is 37.0 Å². The summed E-state index contributed by atoms with van der Waals surface area (Å²) >= 11 is 0. The second-order valence-electron chi connectivity index (χ2n) is 8.60. The van der Waals surface area contributed by atoms with Crippen molar-refractivity contribution in [2.75, 3.05) is 22.0 Å². The summed E-state index contributed by atoms with van der Waals surface area (Å²) < 4.78 is 29.7. The number of aromatic nitrogens is 2. The molecular formula is C26H27N5O4S. The first-order valence-corrected chi connectivity index (χ1v) is 12.8. The van der Waals surface area contributed by atoms with E-state index in [1.165, 1.54) is 30.0 Å². The Balaban J connectivity index is 1.62. The molecule has 0 fully saturated rings. The number of nitrogens with zero attached hydrogens (tertiary/aromatic N) is 3. The topological polar surface area (TPSA) is 113 Å². The van der Waals surface area contributed by atoms with Crippen LogP contribution in [0.1, 0.15) is 37.2 Å². The van der Waals surface area contributed by atoms with Crippen molar-refractivity contribution in [1.29, 1.82) is 0 Å². The standard InChI is InChI=1S/C26H27N5O4S/c1-17(2)31-24-14-13-21(30(4)18(3)32)16-23(24)27-26(31)28-25(33)19-9-8-10-20(15-19)29-36(34,35)22-11-6-5-7-12-22/h5-17,29H,1-4H3,(H,27,28,33). The number of imidazole rings is 1. The average Bonchev–Trinajstić information content (AvgIpc) is 3.21. The second-order valence-corrected chi connectivity index (χ2v) is 10.3. The average molecular weight is 506 g/mol. The molecule has 0 saturated carbocycles. The summed E-state index contributed by atoms with van der Waals surface area (Å²) in [6.07, 6.45) is 0. The Kier molecular flexibility index (Phi) is 6.80. The van der Waals surface area contributed by atoms with Gasteiger partial charge in [-0.2, -0.15) is 0 Å². The first-order valence-electron chi connectivity index (χ1n) is 11.3. The molecule has 1 heterocycles. The Morgan fingerprint density at radius 2 is 1.69 bits per heavy atom. The smallest absolute Gasteiger partial charge is 0.261 e. The minimum Gasteiger partial charge on any atom is -0.316 e. The number of hydrogen-bond acceptors (Lipinski definition) is 5. The first kappa shape index (κ1) is 24.9. The summed E-state index contributed by atoms with van der Waals surface area (Å²) in [5.74, 6) is -0.189. The van der Waals surface area contributed by atoms with Crippen molar-refractivity contribution in [3.63, 3.8) is 0 Å². The molecular weight excluding hydrogens is 478 g/mol. The predicted molar refractivity (Wildman–Crippen MR) is 141 cm³/mol. The molecule has 0 atom stereocenters. The lowest BCUT2D eigenvalue weighted by Gasteiger charge is -2.16. The molecule has 0 bridgehead atoms. The maximum Gasteiger partial charge on any atom is 0.261 e. The molecule has 186 valence electrons. The van der Waals surface area contributed by atoms with E-state index in [1.54, 1.807) is 49.5 Å². The molecule has 2 amide bonds. The first-order chi connectivity index (χ1) is 17.1. The molecule has 2 N–H and O–H groups in total. The van der Waals surface area contributed by atoms with E-state index in [9.17, 15) is 18.0 Å². The number of carbonyl (C=O) groups excluding carboxylic acids is 2. The van der Waals surface area contributed by atoms with Gasteiger partial charge in [-0.25, -0.2) is 13.4 Å². The summed E-state index contributed by atoms with van der Waals surface area (Å²) in [6.45, 7) is 5.44. The minimum absolute atomic E-state index is 0.00861. The molecule has 9 nitrogen and oxygen atoms in total. The zero-order chi connectivity index (χ0) is 26.0. The van der Waals surface area contributed by atoms with Crippen LogP contribution in [0.4, 0.5) is 17.3 Å². The highest BCUT2D eigenvalue weighted by molar-refractivity contribution is 7.92. The Bertz CT molecular complexity index is 1550. The quantitative estimate of drug-likeness (QED) is 0.379. The number of sulfonamides is 1. The van der Waals surface area contributed by atoms with E-state index in [1.807, 2.05) is 30.5 Å². The van der Waals surface area contributed by atoms with Crippen LogP contribution in [0.3, 0.4) is 0 Å². The van der Waals surface area contributed by atoms with E-state index in [-0.39, 0.29) is 28.1 Å². The SMILES string of the molecule is CC(=O)N(C)c1ccc2c(c1)nc(NC(=O)c1cccc(NS(=O)(=O)c3ccccc3)c1)n2C(C)C. The van der Waals surface area contributed by atoms with Gasteiger partial charge in [0.2, 0.25) is 11.9 Å². The van der Waals surface area contributed by atoms with Crippen molar-refractivity contribution in [2.45, 2.75) is 31.7 Å². The second kappa shape index (κ2) is 9.82. The summed E-state index contributed by atoms with van der Waals surface area (Å²) in [6, 6.07) is 19.7. The fourth-order valence-corrected chi connectivity index (χ4v) is 4.87. The van der Waals surface area contributed by atoms with Crippen LogP contribution in [0, 0.1) is 0 Å². The van der Waals surface area contributed by atoms with E-state index in [0.717, 1.165) is 5.52 Å². The van der Waals surface area contributed by atoms with Crippen LogP contribution >= 0.6 is 0 Å². The van der Waals surface area contributed by atoms with Gasteiger partial charge in [-0.3, -0.25) is 19.6 Å². The van der Waals surface area contributed by atoms with E-state index in [0.29, 0.717) is 17.2 Å². The summed E-state index contributed by atoms with van der Waals surface area (Å²) in [7, 11) is -2.11. The maximum atomic E-state index is 13.1. The molecule has 0 aliphatic rings. The Morgan fingerprint density at radius 3 is 2.36 bits per heavy atom. The molecule has 0 spiro atoms. The van der Waals surface area contributed by atoms with Gasteiger partial charge < -0.3 is 9.47 Å². The van der Waals surface area contributed by atoms with Crippen molar-refractivity contribution in [1.82, 2.24) is 9.55 Å². The number of hydrogen-bond donors (Lipinski definition) is 2. The lowest BCUT2D eigenvalue weighted by Crippen LogP contribution is -2.22. The van der Waals surface area contributed by atoms with Gasteiger partial charge in [0.25, 0.3) is 15.9 Å². The van der Waals surface area contributed by atoms with Crippen molar-refractivity contribution >= 4 is 50.2 Å². The summed E-state index contributed by atoms with van der Waals surface area (Å²) in [4.78, 5) is 31.1. The Morgan fingerprint density at radius 1 is 0.972 bits per heavy atom. The van der Waals surface area contributed by atoms with Crippen molar-refractivity contribution in [2.24, 2.45) is 0 Å². The van der Waals surface area contributed by atoms with Gasteiger partial charge in [-0.15, -0.1) is 0 Å². The zero-order valence-corrected chi connectivity index (χ0v) is 21.2. The van der Waals surface area contributed by atoms with E-state index >= 15 is 0 Å². The Hall–Kier alpha value is -4.18. The maximum absolute atomic E-state index is 13.1. The normalized spacial score (nSPS) is 11.5. The summed E-state index contributed by atoms with van der Waals surface area (Å²) in [5, 5.41) is 2.85. The highest BCUT2D eigenvalue weighted by Gasteiger charge is 2.19. The van der Waals surface area contributed by atoms with Crippen LogP contribution < -0.4 is 14.9 Å². The Labute approximate surface area is 209 Å². The van der Waals surface area contributed by atoms with Gasteiger partial charge in [-0.1, -0.05) is 24.3 Å². The fraction of sp³-hybridized carbons (Fsp3) is 0.192. The van der Waals surface area contributed by atoms with Gasteiger partial charge in [0.15, 0.2) is 0 Å². The highest BCUT2D eigenvalue weighted by Crippen LogP contribution is 2.28. The van der Waals surface area contributed by atoms with E-state index in [2.05, 4.69) is 15.0 Å². The number of fused-ring (bicyclic) bond motifs is 1.